The lowest BCUT2D eigenvalue weighted by atomic mass is 10.1. The average molecular weight is 246 g/mol. The van der Waals surface area contributed by atoms with Crippen LogP contribution in [0.25, 0.3) is 0 Å². The summed E-state index contributed by atoms with van der Waals surface area (Å²) in [5, 5.41) is 4.94. The molecule has 0 radical (unpaired) electrons. The van der Waals surface area contributed by atoms with Gasteiger partial charge in [-0.3, -0.25) is 4.79 Å². The van der Waals surface area contributed by atoms with Gasteiger partial charge in [0.1, 0.15) is 0 Å². The standard InChI is InChI=1S/C13H14N2OS/c1-9(12-6-3-7-17-12)15-13(16)10-4-2-5-11(14)8-10/h2-9H,14H2,1H3,(H,15,16)/t9-/m0/s1. The van der Waals surface area contributed by atoms with Gasteiger partial charge >= 0.3 is 0 Å². The van der Waals surface area contributed by atoms with Gasteiger partial charge in [0.15, 0.2) is 0 Å². The number of nitrogens with two attached hydrogens (primary N) is 1. The van der Waals surface area contributed by atoms with Crippen molar-refractivity contribution in [1.29, 1.82) is 0 Å². The van der Waals surface area contributed by atoms with Gasteiger partial charge in [-0.2, -0.15) is 0 Å². The smallest absolute Gasteiger partial charge is 0.251 e. The number of carbonyl (C=O) groups is 1. The third kappa shape index (κ3) is 2.85. The number of hydrogen-bond acceptors (Lipinski definition) is 3. The summed E-state index contributed by atoms with van der Waals surface area (Å²) < 4.78 is 0. The minimum Gasteiger partial charge on any atom is -0.399 e. The summed E-state index contributed by atoms with van der Waals surface area (Å²) in [5.41, 5.74) is 6.83. The van der Waals surface area contributed by atoms with E-state index in [0.29, 0.717) is 11.3 Å². The third-order valence-electron chi connectivity index (χ3n) is 2.47. The lowest BCUT2D eigenvalue weighted by Crippen LogP contribution is -2.26. The van der Waals surface area contributed by atoms with Crippen LogP contribution in [-0.2, 0) is 0 Å². The van der Waals surface area contributed by atoms with Gasteiger partial charge in [-0.1, -0.05) is 12.1 Å². The fraction of sp³-hybridized carbons (Fsp3) is 0.154. The van der Waals surface area contributed by atoms with Crippen LogP contribution in [0.3, 0.4) is 0 Å². The summed E-state index contributed by atoms with van der Waals surface area (Å²) in [6.07, 6.45) is 0. The monoisotopic (exact) mass is 246 g/mol. The highest BCUT2D eigenvalue weighted by molar-refractivity contribution is 7.10. The average Bonchev–Trinajstić information content (AvgIpc) is 2.82. The number of carbonyl (C=O) groups excluding carboxylic acids is 1. The van der Waals surface area contributed by atoms with E-state index < -0.39 is 0 Å². The molecule has 3 nitrogen and oxygen atoms in total. The highest BCUT2D eigenvalue weighted by Crippen LogP contribution is 2.18. The molecule has 1 heterocycles. The van der Waals surface area contributed by atoms with Gasteiger partial charge in [0.2, 0.25) is 0 Å². The second kappa shape index (κ2) is 5.01. The Balaban J connectivity index is 2.07. The number of hydrogen-bond donors (Lipinski definition) is 2. The Hall–Kier alpha value is -1.81. The van der Waals surface area contributed by atoms with E-state index in [2.05, 4.69) is 5.32 Å². The summed E-state index contributed by atoms with van der Waals surface area (Å²) in [5.74, 6) is -0.0989. The van der Waals surface area contributed by atoms with E-state index in [0.717, 1.165) is 4.88 Å². The Morgan fingerprint density at radius 3 is 2.82 bits per heavy atom. The highest BCUT2D eigenvalue weighted by Gasteiger charge is 2.11. The molecule has 0 aliphatic rings. The highest BCUT2D eigenvalue weighted by atomic mass is 32.1. The van der Waals surface area contributed by atoms with Gasteiger partial charge in [-0.05, 0) is 36.6 Å². The van der Waals surface area contributed by atoms with Gasteiger partial charge in [-0.15, -0.1) is 11.3 Å². The maximum atomic E-state index is 11.9. The summed E-state index contributed by atoms with van der Waals surface area (Å²) in [4.78, 5) is 13.1. The first kappa shape index (κ1) is 11.7. The molecule has 2 aromatic rings. The molecule has 0 spiro atoms. The van der Waals surface area contributed by atoms with Crippen molar-refractivity contribution < 1.29 is 4.79 Å². The molecule has 2 rings (SSSR count). The van der Waals surface area contributed by atoms with Crippen LogP contribution in [0.1, 0.15) is 28.2 Å². The molecule has 0 aliphatic heterocycles. The summed E-state index contributed by atoms with van der Waals surface area (Å²) in [7, 11) is 0. The Morgan fingerprint density at radius 1 is 1.35 bits per heavy atom. The van der Waals surface area contributed by atoms with Gasteiger partial charge in [0.05, 0.1) is 6.04 Å². The summed E-state index contributed by atoms with van der Waals surface area (Å²) in [6.45, 7) is 1.97. The number of nitrogen functional groups attached to an aromatic ring is 1. The van der Waals surface area contributed by atoms with Crippen LogP contribution >= 0.6 is 11.3 Å². The zero-order valence-corrected chi connectivity index (χ0v) is 10.3. The second-order valence-corrected chi connectivity index (χ2v) is 4.82. The molecule has 3 N–H and O–H groups in total. The van der Waals surface area contributed by atoms with Gasteiger partial charge in [-0.25, -0.2) is 0 Å². The van der Waals surface area contributed by atoms with Crippen molar-refractivity contribution in [3.8, 4) is 0 Å². The molecular weight excluding hydrogens is 232 g/mol. The van der Waals surface area contributed by atoms with Crippen molar-refractivity contribution in [3.05, 3.63) is 52.2 Å². The molecule has 0 saturated heterocycles. The topological polar surface area (TPSA) is 55.1 Å². The number of anilines is 1. The number of nitrogens with one attached hydrogen (secondary N) is 1. The summed E-state index contributed by atoms with van der Waals surface area (Å²) in [6, 6.07) is 11.0. The van der Waals surface area contributed by atoms with Crippen LogP contribution in [0, 0.1) is 0 Å². The van der Waals surface area contributed by atoms with E-state index in [1.54, 1.807) is 35.6 Å². The molecule has 0 saturated carbocycles. The summed E-state index contributed by atoms with van der Waals surface area (Å²) >= 11 is 1.63. The SMILES string of the molecule is C[C@H](NC(=O)c1cccc(N)c1)c1cccs1. The largest absolute Gasteiger partial charge is 0.399 e. The number of thiophene rings is 1. The van der Waals surface area contributed by atoms with Crippen LogP contribution in [0.4, 0.5) is 5.69 Å². The fourth-order valence-corrected chi connectivity index (χ4v) is 2.30. The van der Waals surface area contributed by atoms with E-state index in [9.17, 15) is 4.79 Å². The molecule has 0 aliphatic carbocycles. The van der Waals surface area contributed by atoms with E-state index in [4.69, 9.17) is 5.73 Å². The Labute approximate surface area is 104 Å². The molecule has 0 unspecified atom stereocenters. The third-order valence-corrected chi connectivity index (χ3v) is 3.52. The normalized spacial score (nSPS) is 12.1. The predicted octanol–water partition coefficient (Wildman–Crippen LogP) is 2.82. The second-order valence-electron chi connectivity index (χ2n) is 3.84. The van der Waals surface area contributed by atoms with Crippen molar-refractivity contribution >= 4 is 22.9 Å². The van der Waals surface area contributed by atoms with E-state index in [-0.39, 0.29) is 11.9 Å². The van der Waals surface area contributed by atoms with Crippen molar-refractivity contribution in [1.82, 2.24) is 5.32 Å². The fourth-order valence-electron chi connectivity index (χ4n) is 1.57. The molecular formula is C13H14N2OS. The number of rotatable bonds is 3. The number of amides is 1. The molecule has 1 amide bonds. The number of benzene rings is 1. The minimum absolute atomic E-state index is 0.0175. The maximum Gasteiger partial charge on any atom is 0.251 e. The van der Waals surface area contributed by atoms with Crippen LogP contribution in [-0.4, -0.2) is 5.91 Å². The van der Waals surface area contributed by atoms with Crippen molar-refractivity contribution in [2.45, 2.75) is 13.0 Å². The lowest BCUT2D eigenvalue weighted by Gasteiger charge is -2.12. The van der Waals surface area contributed by atoms with Crippen LogP contribution in [0.5, 0.6) is 0 Å². The van der Waals surface area contributed by atoms with Crippen LogP contribution in [0.15, 0.2) is 41.8 Å². The molecule has 0 fully saturated rings. The van der Waals surface area contributed by atoms with Gasteiger partial charge in [0.25, 0.3) is 5.91 Å². The Morgan fingerprint density at radius 2 is 2.18 bits per heavy atom. The maximum absolute atomic E-state index is 11.9. The van der Waals surface area contributed by atoms with Crippen molar-refractivity contribution in [2.24, 2.45) is 0 Å². The quantitative estimate of drug-likeness (QED) is 0.818. The van der Waals surface area contributed by atoms with Gasteiger partial charge in [0, 0.05) is 16.1 Å². The first-order valence-electron chi connectivity index (χ1n) is 5.36. The predicted molar refractivity (Wildman–Crippen MR) is 71.1 cm³/mol. The van der Waals surface area contributed by atoms with Crippen LogP contribution in [0.2, 0.25) is 0 Å². The molecule has 0 bridgehead atoms. The molecule has 1 aromatic carbocycles. The van der Waals surface area contributed by atoms with Crippen molar-refractivity contribution in [3.63, 3.8) is 0 Å². The Bertz CT molecular complexity index is 508. The van der Waals surface area contributed by atoms with Crippen LogP contribution < -0.4 is 11.1 Å². The first-order valence-corrected chi connectivity index (χ1v) is 6.24. The molecule has 88 valence electrons. The molecule has 1 aromatic heterocycles. The zero-order valence-electron chi connectivity index (χ0n) is 9.51. The lowest BCUT2D eigenvalue weighted by molar-refractivity contribution is 0.0940. The Kier molecular flexibility index (Phi) is 3.44. The zero-order chi connectivity index (χ0) is 12.3. The molecule has 4 heteroatoms. The first-order chi connectivity index (χ1) is 8.16. The van der Waals surface area contributed by atoms with E-state index in [1.165, 1.54) is 0 Å². The van der Waals surface area contributed by atoms with Gasteiger partial charge < -0.3 is 11.1 Å². The van der Waals surface area contributed by atoms with E-state index in [1.807, 2.05) is 24.4 Å². The minimum atomic E-state index is -0.0989. The van der Waals surface area contributed by atoms with E-state index >= 15 is 0 Å². The van der Waals surface area contributed by atoms with Crippen molar-refractivity contribution in [2.75, 3.05) is 5.73 Å². The molecule has 17 heavy (non-hydrogen) atoms. The molecule has 1 atom stereocenters.